The van der Waals surface area contributed by atoms with Crippen LogP contribution in [-0.4, -0.2) is 70.5 Å². The molecule has 0 aliphatic carbocycles. The molecule has 0 radical (unpaired) electrons. The molecule has 0 bridgehead atoms. The Bertz CT molecular complexity index is 687. The van der Waals surface area contributed by atoms with Crippen molar-refractivity contribution in [3.05, 3.63) is 0 Å². The third kappa shape index (κ3) is 9.56. The fourth-order valence-electron chi connectivity index (χ4n) is 2.12. The quantitative estimate of drug-likeness (QED) is 0.130. The van der Waals surface area contributed by atoms with Gasteiger partial charge < -0.3 is 38.3 Å². The third-order valence-electron chi connectivity index (χ3n) is 3.89. The van der Waals surface area contributed by atoms with Crippen LogP contribution >= 0.6 is 12.6 Å². The Balaban J connectivity index is 5.33. The lowest BCUT2D eigenvalue weighted by Gasteiger charge is -2.24. The van der Waals surface area contributed by atoms with E-state index >= 15 is 0 Å². The van der Waals surface area contributed by atoms with Gasteiger partial charge in [-0.1, -0.05) is 13.8 Å². The van der Waals surface area contributed by atoms with Gasteiger partial charge in [0.15, 0.2) is 0 Å². The number of hydrogen-bond donors (Lipinski definition) is 8. The summed E-state index contributed by atoms with van der Waals surface area (Å²) in [6.45, 7) is 3.41. The van der Waals surface area contributed by atoms with Gasteiger partial charge in [0.25, 0.3) is 0 Å². The highest BCUT2D eigenvalue weighted by atomic mass is 32.1. The molecule has 170 valence electrons. The van der Waals surface area contributed by atoms with E-state index in [1.54, 1.807) is 13.8 Å². The van der Waals surface area contributed by atoms with E-state index in [-0.39, 0.29) is 11.7 Å². The van der Waals surface area contributed by atoms with Crippen molar-refractivity contribution < 1.29 is 33.9 Å². The maximum atomic E-state index is 12.5. The normalized spacial score (nSPS) is 14.7. The number of carboxylic acids is 1. The molecule has 0 fully saturated rings. The summed E-state index contributed by atoms with van der Waals surface area (Å²) in [5.41, 5.74) is 15.7. The minimum absolute atomic E-state index is 0.160. The Morgan fingerprint density at radius 2 is 1.20 bits per heavy atom. The van der Waals surface area contributed by atoms with Gasteiger partial charge in [-0.3, -0.25) is 24.0 Å². The van der Waals surface area contributed by atoms with Crippen LogP contribution in [0, 0.1) is 5.92 Å². The molecule has 4 atom stereocenters. The molecule has 0 heterocycles. The van der Waals surface area contributed by atoms with E-state index in [4.69, 9.17) is 22.3 Å². The molecular weight excluding hydrogens is 420 g/mol. The summed E-state index contributed by atoms with van der Waals surface area (Å²) in [4.78, 5) is 70.3. The number of nitrogens with two attached hydrogens (primary N) is 3. The van der Waals surface area contributed by atoms with E-state index < -0.39 is 72.5 Å². The van der Waals surface area contributed by atoms with Crippen LogP contribution < -0.4 is 33.2 Å². The van der Waals surface area contributed by atoms with Gasteiger partial charge in [-0.15, -0.1) is 0 Å². The van der Waals surface area contributed by atoms with Crippen molar-refractivity contribution in [3.63, 3.8) is 0 Å². The van der Waals surface area contributed by atoms with Crippen LogP contribution in [0.3, 0.4) is 0 Å². The number of thiol groups is 1. The molecular formula is C16H28N6O7S. The first-order chi connectivity index (χ1) is 13.8. The molecule has 0 aliphatic rings. The van der Waals surface area contributed by atoms with E-state index in [2.05, 4.69) is 23.3 Å². The minimum Gasteiger partial charge on any atom is -0.480 e. The molecule has 13 nitrogen and oxygen atoms in total. The standard InChI is InChI=1S/C16H28N6O7S/c1-6(2)12(19)15(27)22-9(5-30)14(26)20-7(3-10(17)23)13(25)21-8(16(28)29)4-11(18)24/h6-9,12,30H,3-5,19H2,1-2H3,(H2,17,23)(H2,18,24)(H,20,26)(H,21,25)(H,22,27)(H,28,29). The fourth-order valence-corrected chi connectivity index (χ4v) is 2.38. The van der Waals surface area contributed by atoms with Crippen LogP contribution in [-0.2, 0) is 28.8 Å². The van der Waals surface area contributed by atoms with Crippen molar-refractivity contribution in [2.75, 3.05) is 5.75 Å². The second-order valence-electron chi connectivity index (χ2n) is 6.82. The van der Waals surface area contributed by atoms with Crippen molar-refractivity contribution in [3.8, 4) is 0 Å². The van der Waals surface area contributed by atoms with Gasteiger partial charge in [0, 0.05) is 5.75 Å². The van der Waals surface area contributed by atoms with E-state index in [1.165, 1.54) is 0 Å². The molecule has 0 saturated heterocycles. The first-order valence-corrected chi connectivity index (χ1v) is 9.50. The predicted octanol–water partition coefficient (Wildman–Crippen LogP) is -3.81. The predicted molar refractivity (Wildman–Crippen MR) is 108 cm³/mol. The second-order valence-corrected chi connectivity index (χ2v) is 7.18. The van der Waals surface area contributed by atoms with E-state index in [0.29, 0.717) is 0 Å². The third-order valence-corrected chi connectivity index (χ3v) is 4.26. The van der Waals surface area contributed by atoms with Crippen LogP contribution in [0.5, 0.6) is 0 Å². The van der Waals surface area contributed by atoms with Crippen LogP contribution in [0.1, 0.15) is 26.7 Å². The summed E-state index contributed by atoms with van der Waals surface area (Å²) in [6, 6.07) is -5.33. The molecule has 10 N–H and O–H groups in total. The zero-order chi connectivity index (χ0) is 23.6. The average Bonchev–Trinajstić information content (AvgIpc) is 2.62. The molecule has 0 aromatic rings. The number of rotatable bonds is 13. The zero-order valence-corrected chi connectivity index (χ0v) is 17.5. The van der Waals surface area contributed by atoms with E-state index in [9.17, 15) is 28.8 Å². The Morgan fingerprint density at radius 1 is 0.800 bits per heavy atom. The van der Waals surface area contributed by atoms with Crippen LogP contribution in [0.25, 0.3) is 0 Å². The largest absolute Gasteiger partial charge is 0.480 e. The molecule has 14 heteroatoms. The molecule has 0 aliphatic heterocycles. The topological polar surface area (TPSA) is 237 Å². The van der Waals surface area contributed by atoms with E-state index in [1.807, 2.05) is 5.32 Å². The Labute approximate surface area is 178 Å². The van der Waals surface area contributed by atoms with Crippen LogP contribution in [0.15, 0.2) is 0 Å². The van der Waals surface area contributed by atoms with Gasteiger partial charge in [-0.05, 0) is 5.92 Å². The maximum Gasteiger partial charge on any atom is 0.326 e. The lowest BCUT2D eigenvalue weighted by Crippen LogP contribution is -2.58. The highest BCUT2D eigenvalue weighted by molar-refractivity contribution is 7.80. The van der Waals surface area contributed by atoms with Crippen molar-refractivity contribution in [1.29, 1.82) is 0 Å². The molecule has 0 spiro atoms. The molecule has 4 unspecified atom stereocenters. The number of hydrogen-bond acceptors (Lipinski definition) is 8. The summed E-state index contributed by atoms with van der Waals surface area (Å²) in [7, 11) is 0. The lowest BCUT2D eigenvalue weighted by molar-refractivity contribution is -0.144. The van der Waals surface area contributed by atoms with Crippen molar-refractivity contribution >= 4 is 48.1 Å². The molecule has 30 heavy (non-hydrogen) atoms. The summed E-state index contributed by atoms with van der Waals surface area (Å²) >= 11 is 3.98. The number of carboxylic acid groups (broad SMARTS) is 1. The molecule has 0 aromatic heterocycles. The first kappa shape index (κ1) is 27.1. The second kappa shape index (κ2) is 12.6. The first-order valence-electron chi connectivity index (χ1n) is 8.87. The van der Waals surface area contributed by atoms with Crippen LogP contribution in [0.2, 0.25) is 0 Å². The van der Waals surface area contributed by atoms with Crippen molar-refractivity contribution in [2.24, 2.45) is 23.1 Å². The average molecular weight is 449 g/mol. The minimum atomic E-state index is -1.67. The Morgan fingerprint density at radius 3 is 1.60 bits per heavy atom. The number of aliphatic carboxylic acids is 1. The highest BCUT2D eigenvalue weighted by Gasteiger charge is 2.31. The Hall–Kier alpha value is -2.87. The highest BCUT2D eigenvalue weighted by Crippen LogP contribution is 2.02. The summed E-state index contributed by atoms with van der Waals surface area (Å²) in [5.74, 6) is -6.45. The van der Waals surface area contributed by atoms with Gasteiger partial charge in [0.05, 0.1) is 18.9 Å². The summed E-state index contributed by atoms with van der Waals surface area (Å²) in [5, 5.41) is 15.6. The molecule has 0 saturated carbocycles. The van der Waals surface area contributed by atoms with Crippen LogP contribution in [0.4, 0.5) is 0 Å². The molecule has 5 amide bonds. The zero-order valence-electron chi connectivity index (χ0n) is 16.6. The number of nitrogens with one attached hydrogen (secondary N) is 3. The number of amides is 5. The van der Waals surface area contributed by atoms with Crippen molar-refractivity contribution in [2.45, 2.75) is 50.9 Å². The lowest BCUT2D eigenvalue weighted by atomic mass is 10.0. The smallest absolute Gasteiger partial charge is 0.326 e. The fraction of sp³-hybridized carbons (Fsp3) is 0.625. The summed E-state index contributed by atoms with van der Waals surface area (Å²) in [6.07, 6.45) is -1.38. The van der Waals surface area contributed by atoms with Gasteiger partial charge in [-0.2, -0.15) is 12.6 Å². The van der Waals surface area contributed by atoms with Gasteiger partial charge in [-0.25, -0.2) is 4.79 Å². The van der Waals surface area contributed by atoms with Gasteiger partial charge >= 0.3 is 5.97 Å². The SMILES string of the molecule is CC(C)C(N)C(=O)NC(CS)C(=O)NC(CC(N)=O)C(=O)NC(CC(N)=O)C(=O)O. The monoisotopic (exact) mass is 448 g/mol. The number of carbonyl (C=O) groups excluding carboxylic acids is 5. The van der Waals surface area contributed by atoms with Gasteiger partial charge in [0.1, 0.15) is 18.1 Å². The summed E-state index contributed by atoms with van der Waals surface area (Å²) < 4.78 is 0. The Kier molecular flexibility index (Phi) is 11.4. The van der Waals surface area contributed by atoms with Crippen molar-refractivity contribution in [1.82, 2.24) is 16.0 Å². The van der Waals surface area contributed by atoms with Gasteiger partial charge in [0.2, 0.25) is 29.5 Å². The molecule has 0 rings (SSSR count). The van der Waals surface area contributed by atoms with E-state index in [0.717, 1.165) is 0 Å². The number of primary amides is 2. The maximum absolute atomic E-state index is 12.5. The number of carbonyl (C=O) groups is 6. The molecule has 0 aromatic carbocycles.